The molecule has 1 aliphatic rings. The van der Waals surface area contributed by atoms with E-state index in [0.29, 0.717) is 12.3 Å². The summed E-state index contributed by atoms with van der Waals surface area (Å²) in [6.45, 7) is 2.64. The monoisotopic (exact) mass is 260 g/mol. The molecule has 0 aromatic carbocycles. The van der Waals surface area contributed by atoms with E-state index in [4.69, 9.17) is 0 Å². The summed E-state index contributed by atoms with van der Waals surface area (Å²) < 4.78 is 22.8. The minimum atomic E-state index is -2.81. The van der Waals surface area contributed by atoms with E-state index in [9.17, 15) is 8.42 Å². The molecule has 1 saturated heterocycles. The summed E-state index contributed by atoms with van der Waals surface area (Å²) in [4.78, 5) is 4.34. The molecule has 1 atom stereocenters. The first-order valence-electron chi connectivity index (χ1n) is 5.40. The van der Waals surface area contributed by atoms with Crippen LogP contribution in [0.2, 0.25) is 0 Å². The first kappa shape index (κ1) is 12.0. The summed E-state index contributed by atoms with van der Waals surface area (Å²) in [5, 5.41) is 6.33. The highest BCUT2D eigenvalue weighted by molar-refractivity contribution is 7.91. The third kappa shape index (κ3) is 3.26. The molecular weight excluding hydrogens is 244 g/mol. The van der Waals surface area contributed by atoms with Crippen LogP contribution < -0.4 is 5.32 Å². The van der Waals surface area contributed by atoms with Crippen molar-refractivity contribution in [1.29, 1.82) is 0 Å². The molecule has 0 radical (unpaired) electrons. The number of hydrogen-bond acceptors (Lipinski definition) is 5. The van der Waals surface area contributed by atoms with Gasteiger partial charge in [-0.25, -0.2) is 13.4 Å². The molecule has 1 aliphatic heterocycles. The molecule has 1 aromatic rings. The maximum atomic E-state index is 11.4. The van der Waals surface area contributed by atoms with Crippen LogP contribution in [0, 0.1) is 6.92 Å². The molecule has 16 heavy (non-hydrogen) atoms. The lowest BCUT2D eigenvalue weighted by Crippen LogP contribution is -2.39. The van der Waals surface area contributed by atoms with Crippen molar-refractivity contribution in [2.24, 2.45) is 0 Å². The fourth-order valence-corrected chi connectivity index (χ4v) is 4.21. The van der Waals surface area contributed by atoms with Crippen LogP contribution in [0.4, 0.5) is 0 Å². The number of aryl methyl sites for hydroxylation is 1. The van der Waals surface area contributed by atoms with Gasteiger partial charge in [0.1, 0.15) is 0 Å². The number of hydrogen-bond donors (Lipinski definition) is 1. The van der Waals surface area contributed by atoms with Crippen LogP contribution in [-0.4, -0.2) is 30.9 Å². The third-order valence-electron chi connectivity index (χ3n) is 2.70. The Bertz CT molecular complexity index is 453. The van der Waals surface area contributed by atoms with E-state index in [-0.39, 0.29) is 11.8 Å². The van der Waals surface area contributed by atoms with Crippen molar-refractivity contribution in [3.63, 3.8) is 0 Å². The number of aromatic nitrogens is 1. The zero-order valence-electron chi connectivity index (χ0n) is 9.27. The van der Waals surface area contributed by atoms with Crippen molar-refractivity contribution in [2.45, 2.75) is 32.4 Å². The number of thiazole rings is 1. The van der Waals surface area contributed by atoms with Crippen molar-refractivity contribution in [3.05, 3.63) is 16.1 Å². The Hall–Kier alpha value is -0.460. The van der Waals surface area contributed by atoms with Crippen molar-refractivity contribution >= 4 is 21.2 Å². The normalized spacial score (nSPS) is 24.4. The fourth-order valence-electron chi connectivity index (χ4n) is 1.92. The molecule has 90 valence electrons. The lowest BCUT2D eigenvalue weighted by atomic mass is 10.2. The molecule has 2 rings (SSSR count). The summed E-state index contributed by atoms with van der Waals surface area (Å²) in [5.74, 6) is 0.622. The standard InChI is InChI=1S/C10H16N2O2S2/c1-8-12-10(6-15-8)5-11-9-3-2-4-16(13,14)7-9/h6,9,11H,2-5,7H2,1H3. The van der Waals surface area contributed by atoms with Gasteiger partial charge < -0.3 is 5.32 Å². The third-order valence-corrected chi connectivity index (χ3v) is 5.34. The molecule has 6 heteroatoms. The molecular formula is C10H16N2O2S2. The number of nitrogens with one attached hydrogen (secondary N) is 1. The van der Waals surface area contributed by atoms with Crippen molar-refractivity contribution in [1.82, 2.24) is 10.3 Å². The van der Waals surface area contributed by atoms with E-state index in [1.165, 1.54) is 0 Å². The summed E-state index contributed by atoms with van der Waals surface area (Å²) >= 11 is 1.62. The lowest BCUT2D eigenvalue weighted by Gasteiger charge is -2.22. The summed E-state index contributed by atoms with van der Waals surface area (Å²) in [7, 11) is -2.81. The SMILES string of the molecule is Cc1nc(CNC2CCCS(=O)(=O)C2)cs1. The lowest BCUT2D eigenvalue weighted by molar-refractivity contribution is 0.478. The average molecular weight is 260 g/mol. The largest absolute Gasteiger partial charge is 0.307 e. The molecule has 1 N–H and O–H groups in total. The Balaban J connectivity index is 1.86. The second-order valence-electron chi connectivity index (χ2n) is 4.19. The quantitative estimate of drug-likeness (QED) is 0.884. The molecule has 1 fully saturated rings. The van der Waals surface area contributed by atoms with Gasteiger partial charge in [-0.15, -0.1) is 11.3 Å². The van der Waals surface area contributed by atoms with Gasteiger partial charge in [0, 0.05) is 18.0 Å². The maximum Gasteiger partial charge on any atom is 0.151 e. The maximum absolute atomic E-state index is 11.4. The zero-order valence-corrected chi connectivity index (χ0v) is 10.9. The topological polar surface area (TPSA) is 59.1 Å². The van der Waals surface area contributed by atoms with Gasteiger partial charge in [0.05, 0.1) is 22.2 Å². The highest BCUT2D eigenvalue weighted by Gasteiger charge is 2.24. The number of rotatable bonds is 3. The number of nitrogens with zero attached hydrogens (tertiary/aromatic N) is 1. The van der Waals surface area contributed by atoms with Gasteiger partial charge in [-0.3, -0.25) is 0 Å². The molecule has 2 heterocycles. The zero-order chi connectivity index (χ0) is 11.6. The van der Waals surface area contributed by atoms with Gasteiger partial charge in [0.25, 0.3) is 0 Å². The summed E-state index contributed by atoms with van der Waals surface area (Å²) in [5.41, 5.74) is 1.01. The Kier molecular flexibility index (Phi) is 3.61. The van der Waals surface area contributed by atoms with Crippen LogP contribution in [0.25, 0.3) is 0 Å². The molecule has 0 amide bonds. The molecule has 4 nitrogen and oxygen atoms in total. The van der Waals surface area contributed by atoms with Crippen LogP contribution in [0.15, 0.2) is 5.38 Å². The smallest absolute Gasteiger partial charge is 0.151 e. The predicted octanol–water partition coefficient (Wildman–Crippen LogP) is 1.12. The Morgan fingerprint density at radius 3 is 3.06 bits per heavy atom. The summed E-state index contributed by atoms with van der Waals surface area (Å²) in [6.07, 6.45) is 1.72. The average Bonchev–Trinajstić information content (AvgIpc) is 2.60. The Labute approximate surface area is 100 Å². The highest BCUT2D eigenvalue weighted by atomic mass is 32.2. The van der Waals surface area contributed by atoms with E-state index in [1.807, 2.05) is 12.3 Å². The number of sulfone groups is 1. The fraction of sp³-hybridized carbons (Fsp3) is 0.700. The molecule has 0 saturated carbocycles. The van der Waals surface area contributed by atoms with Gasteiger partial charge in [-0.2, -0.15) is 0 Å². The van der Waals surface area contributed by atoms with Gasteiger partial charge in [0.2, 0.25) is 0 Å². The molecule has 1 unspecified atom stereocenters. The van der Waals surface area contributed by atoms with Crippen molar-refractivity contribution in [3.8, 4) is 0 Å². The first-order valence-corrected chi connectivity index (χ1v) is 8.10. The summed E-state index contributed by atoms with van der Waals surface area (Å²) in [6, 6.07) is 0.0979. The van der Waals surface area contributed by atoms with Gasteiger partial charge in [-0.1, -0.05) is 0 Å². The molecule has 0 bridgehead atoms. The Morgan fingerprint density at radius 2 is 2.44 bits per heavy atom. The van der Waals surface area contributed by atoms with E-state index < -0.39 is 9.84 Å². The van der Waals surface area contributed by atoms with Gasteiger partial charge in [0.15, 0.2) is 9.84 Å². The molecule has 0 spiro atoms. The van der Waals surface area contributed by atoms with E-state index >= 15 is 0 Å². The van der Waals surface area contributed by atoms with E-state index in [2.05, 4.69) is 10.3 Å². The van der Waals surface area contributed by atoms with Crippen molar-refractivity contribution < 1.29 is 8.42 Å². The second-order valence-corrected chi connectivity index (χ2v) is 7.48. The van der Waals surface area contributed by atoms with Crippen LogP contribution >= 0.6 is 11.3 Å². The van der Waals surface area contributed by atoms with Crippen molar-refractivity contribution in [2.75, 3.05) is 11.5 Å². The predicted molar refractivity (Wildman–Crippen MR) is 65.4 cm³/mol. The molecule has 0 aliphatic carbocycles. The van der Waals surface area contributed by atoms with Crippen LogP contribution in [0.5, 0.6) is 0 Å². The Morgan fingerprint density at radius 1 is 1.62 bits per heavy atom. The minimum Gasteiger partial charge on any atom is -0.307 e. The minimum absolute atomic E-state index is 0.0979. The van der Waals surface area contributed by atoms with Crippen LogP contribution in [0.1, 0.15) is 23.5 Å². The van der Waals surface area contributed by atoms with E-state index in [0.717, 1.165) is 23.5 Å². The molecule has 1 aromatic heterocycles. The highest BCUT2D eigenvalue weighted by Crippen LogP contribution is 2.13. The van der Waals surface area contributed by atoms with Gasteiger partial charge >= 0.3 is 0 Å². The van der Waals surface area contributed by atoms with Crippen LogP contribution in [0.3, 0.4) is 0 Å². The second kappa shape index (κ2) is 4.81. The van der Waals surface area contributed by atoms with Gasteiger partial charge in [-0.05, 0) is 19.8 Å². The first-order chi connectivity index (χ1) is 7.55. The van der Waals surface area contributed by atoms with Crippen LogP contribution in [-0.2, 0) is 16.4 Å². The van der Waals surface area contributed by atoms with E-state index in [1.54, 1.807) is 11.3 Å².